The van der Waals surface area contributed by atoms with E-state index in [2.05, 4.69) is 5.32 Å². The molecule has 0 bridgehead atoms. The number of nitrogens with one attached hydrogen (secondary N) is 2. The average Bonchev–Trinajstić information content (AvgIpc) is 2.69. The Balaban J connectivity index is 1.88. The number of esters is 1. The van der Waals surface area contributed by atoms with Crippen LogP contribution in [0.2, 0.25) is 0 Å². The van der Waals surface area contributed by atoms with Gasteiger partial charge in [0.15, 0.2) is 6.54 Å². The van der Waals surface area contributed by atoms with Gasteiger partial charge in [0.1, 0.15) is 0 Å². The zero-order valence-electron chi connectivity index (χ0n) is 16.4. The lowest BCUT2D eigenvalue weighted by Gasteiger charge is -2.27. The topological polar surface area (TPSA) is 80.2 Å². The van der Waals surface area contributed by atoms with E-state index in [1.54, 1.807) is 29.2 Å². The van der Waals surface area contributed by atoms with E-state index in [4.69, 9.17) is 4.74 Å². The molecule has 0 saturated carbocycles. The highest BCUT2D eigenvalue weighted by Crippen LogP contribution is 2.13. The highest BCUT2D eigenvalue weighted by molar-refractivity contribution is 5.97. The van der Waals surface area contributed by atoms with Gasteiger partial charge in [-0.1, -0.05) is 6.07 Å². The van der Waals surface area contributed by atoms with Gasteiger partial charge in [0.25, 0.3) is 11.8 Å². The van der Waals surface area contributed by atoms with Gasteiger partial charge in [0.05, 0.1) is 26.1 Å². The van der Waals surface area contributed by atoms with Crippen LogP contribution in [0.1, 0.15) is 37.0 Å². The van der Waals surface area contributed by atoms with Gasteiger partial charge in [-0.2, -0.15) is 0 Å². The van der Waals surface area contributed by atoms with Crippen molar-refractivity contribution in [2.24, 2.45) is 5.92 Å². The van der Waals surface area contributed by atoms with Crippen molar-refractivity contribution >= 4 is 23.5 Å². The van der Waals surface area contributed by atoms with E-state index in [9.17, 15) is 14.4 Å². The molecule has 1 saturated heterocycles. The van der Waals surface area contributed by atoms with Crippen molar-refractivity contribution in [1.82, 2.24) is 4.90 Å². The van der Waals surface area contributed by atoms with Crippen LogP contribution in [0.5, 0.6) is 0 Å². The van der Waals surface area contributed by atoms with Crippen LogP contribution < -0.4 is 10.2 Å². The van der Waals surface area contributed by atoms with Crippen LogP contribution in [0.3, 0.4) is 0 Å². The highest BCUT2D eigenvalue weighted by atomic mass is 16.5. The zero-order valence-corrected chi connectivity index (χ0v) is 16.4. The molecular weight excluding hydrogens is 346 g/mol. The number of carbonyl (C=O) groups is 3. The van der Waals surface area contributed by atoms with Crippen LogP contribution >= 0.6 is 0 Å². The molecule has 2 rings (SSSR count). The van der Waals surface area contributed by atoms with Crippen LogP contribution in [-0.2, 0) is 14.3 Å². The van der Waals surface area contributed by atoms with Gasteiger partial charge < -0.3 is 19.9 Å². The number of methoxy groups -OCH3 is 1. The molecule has 2 N–H and O–H groups in total. The van der Waals surface area contributed by atoms with Gasteiger partial charge in [0.2, 0.25) is 0 Å². The first kappa shape index (κ1) is 20.9. The molecule has 0 aromatic heterocycles. The van der Waals surface area contributed by atoms with E-state index in [0.29, 0.717) is 30.9 Å². The molecule has 2 amide bonds. The number of quaternary nitrogens is 1. The molecule has 1 heterocycles. The zero-order chi connectivity index (χ0) is 19.8. The third-order valence-electron chi connectivity index (χ3n) is 5.08. The molecule has 7 heteroatoms. The first-order valence-corrected chi connectivity index (χ1v) is 9.59. The summed E-state index contributed by atoms with van der Waals surface area (Å²) in [5.74, 6) is -0.335. The number of nitrogens with zero attached hydrogens (tertiary/aromatic N) is 1. The third kappa shape index (κ3) is 5.79. The van der Waals surface area contributed by atoms with Gasteiger partial charge in [-0.15, -0.1) is 0 Å². The summed E-state index contributed by atoms with van der Waals surface area (Å²) in [4.78, 5) is 39.3. The minimum atomic E-state index is -0.159. The first-order chi connectivity index (χ1) is 13.0. The number of piperidine rings is 1. The number of benzene rings is 1. The number of carbonyl (C=O) groups excluding carboxylic acids is 3. The summed E-state index contributed by atoms with van der Waals surface area (Å²) in [5.41, 5.74) is 1.20. The fraction of sp³-hybridized carbons (Fsp3) is 0.550. The molecule has 0 radical (unpaired) electrons. The molecule has 0 spiro atoms. The number of likely N-dealkylation sites (tertiary alicyclic amines) is 1. The fourth-order valence-electron chi connectivity index (χ4n) is 3.46. The molecule has 7 nitrogen and oxygen atoms in total. The van der Waals surface area contributed by atoms with Crippen LogP contribution in [0.25, 0.3) is 0 Å². The molecule has 1 aromatic rings. The van der Waals surface area contributed by atoms with Gasteiger partial charge in [0, 0.05) is 37.2 Å². The number of anilines is 1. The van der Waals surface area contributed by atoms with Gasteiger partial charge in [-0.25, -0.2) is 0 Å². The van der Waals surface area contributed by atoms with Crippen molar-refractivity contribution in [3.63, 3.8) is 0 Å². The fourth-order valence-corrected chi connectivity index (χ4v) is 3.46. The summed E-state index contributed by atoms with van der Waals surface area (Å²) >= 11 is 0. The number of ether oxygens (including phenoxy) is 1. The highest BCUT2D eigenvalue weighted by Gasteiger charge is 2.29. The predicted octanol–water partition coefficient (Wildman–Crippen LogP) is 0.575. The summed E-state index contributed by atoms with van der Waals surface area (Å²) in [6.07, 6.45) is 1.48. The number of hydrogen-bond donors (Lipinski definition) is 2. The average molecular weight is 376 g/mol. The molecule has 27 heavy (non-hydrogen) atoms. The second kappa shape index (κ2) is 10.1. The third-order valence-corrected chi connectivity index (χ3v) is 5.08. The van der Waals surface area contributed by atoms with Crippen molar-refractivity contribution in [2.45, 2.75) is 26.7 Å². The Labute approximate surface area is 160 Å². The summed E-state index contributed by atoms with van der Waals surface area (Å²) in [6.45, 7) is 7.08. The Morgan fingerprint density at radius 3 is 2.44 bits per heavy atom. The Kier molecular flexibility index (Phi) is 7.79. The van der Waals surface area contributed by atoms with Crippen molar-refractivity contribution in [2.75, 3.05) is 45.2 Å². The number of rotatable bonds is 7. The molecule has 1 aromatic carbocycles. The predicted molar refractivity (Wildman–Crippen MR) is 103 cm³/mol. The lowest BCUT2D eigenvalue weighted by molar-refractivity contribution is -0.897. The van der Waals surface area contributed by atoms with E-state index >= 15 is 0 Å². The second-order valence-corrected chi connectivity index (χ2v) is 6.83. The molecule has 0 atom stereocenters. The van der Waals surface area contributed by atoms with E-state index < -0.39 is 0 Å². The van der Waals surface area contributed by atoms with E-state index in [0.717, 1.165) is 30.8 Å². The van der Waals surface area contributed by atoms with E-state index in [1.807, 2.05) is 13.8 Å². The van der Waals surface area contributed by atoms with Crippen molar-refractivity contribution < 1.29 is 24.0 Å². The Hall–Kier alpha value is -2.41. The minimum absolute atomic E-state index is 0.0355. The molecule has 1 aliphatic rings. The number of amides is 2. The maximum absolute atomic E-state index is 12.4. The van der Waals surface area contributed by atoms with Gasteiger partial charge in [-0.05, 0) is 32.0 Å². The number of hydrogen-bond acceptors (Lipinski definition) is 4. The van der Waals surface area contributed by atoms with Gasteiger partial charge >= 0.3 is 5.97 Å². The summed E-state index contributed by atoms with van der Waals surface area (Å²) in [6, 6.07) is 7.05. The maximum atomic E-state index is 12.4. The van der Waals surface area contributed by atoms with Gasteiger partial charge in [-0.3, -0.25) is 14.4 Å². The van der Waals surface area contributed by atoms with Crippen LogP contribution in [0.15, 0.2) is 24.3 Å². The van der Waals surface area contributed by atoms with Crippen molar-refractivity contribution in [3.8, 4) is 0 Å². The summed E-state index contributed by atoms with van der Waals surface area (Å²) < 4.78 is 4.79. The molecular formula is C20H30N3O4+. The molecule has 1 fully saturated rings. The second-order valence-electron chi connectivity index (χ2n) is 6.83. The van der Waals surface area contributed by atoms with Crippen LogP contribution in [0, 0.1) is 5.92 Å². The summed E-state index contributed by atoms with van der Waals surface area (Å²) in [7, 11) is 1.41. The van der Waals surface area contributed by atoms with Crippen LogP contribution in [-0.4, -0.2) is 62.5 Å². The monoisotopic (exact) mass is 376 g/mol. The van der Waals surface area contributed by atoms with Crippen LogP contribution in [0.4, 0.5) is 5.69 Å². The first-order valence-electron chi connectivity index (χ1n) is 9.59. The molecule has 0 unspecified atom stereocenters. The van der Waals surface area contributed by atoms with E-state index in [1.165, 1.54) is 7.11 Å². The molecule has 0 aliphatic carbocycles. The van der Waals surface area contributed by atoms with E-state index in [-0.39, 0.29) is 23.7 Å². The SMILES string of the molecule is CCN(CC)C(=O)c1cccc(NC(=O)C[NH+]2CCC(C(=O)OC)CC2)c1. The summed E-state index contributed by atoms with van der Waals surface area (Å²) in [5, 5.41) is 2.88. The Morgan fingerprint density at radius 2 is 1.85 bits per heavy atom. The Bertz CT molecular complexity index is 665. The minimum Gasteiger partial charge on any atom is -0.469 e. The lowest BCUT2D eigenvalue weighted by Crippen LogP contribution is -3.14. The maximum Gasteiger partial charge on any atom is 0.309 e. The quantitative estimate of drug-likeness (QED) is 0.682. The molecule has 148 valence electrons. The smallest absolute Gasteiger partial charge is 0.309 e. The standard InChI is InChI=1S/C20H29N3O4/c1-4-23(5-2)19(25)16-7-6-8-17(13-16)21-18(24)14-22-11-9-15(10-12-22)20(26)27-3/h6-8,13,15H,4-5,9-12,14H2,1-3H3,(H,21,24)/p+1. The Morgan fingerprint density at radius 1 is 1.19 bits per heavy atom. The largest absolute Gasteiger partial charge is 0.469 e. The van der Waals surface area contributed by atoms with Crippen molar-refractivity contribution in [3.05, 3.63) is 29.8 Å². The normalized spacial score (nSPS) is 19.2. The lowest BCUT2D eigenvalue weighted by atomic mass is 9.97. The van der Waals surface area contributed by atoms with Crippen molar-refractivity contribution in [1.29, 1.82) is 0 Å². The molecule has 1 aliphatic heterocycles.